The summed E-state index contributed by atoms with van der Waals surface area (Å²) < 4.78 is 6.49. The van der Waals surface area contributed by atoms with E-state index in [1.54, 1.807) is 11.8 Å². The van der Waals surface area contributed by atoms with Crippen LogP contribution >= 0.6 is 11.8 Å². The van der Waals surface area contributed by atoms with Gasteiger partial charge in [-0.05, 0) is 56.1 Å². The summed E-state index contributed by atoms with van der Waals surface area (Å²) in [4.78, 5) is 16.2. The highest BCUT2D eigenvalue weighted by atomic mass is 32.2. The lowest BCUT2D eigenvalue weighted by atomic mass is 10.2. The lowest BCUT2D eigenvalue weighted by Crippen LogP contribution is -2.40. The highest BCUT2D eigenvalue weighted by Crippen LogP contribution is 2.41. The molecule has 0 atom stereocenters. The fourth-order valence-electron chi connectivity index (χ4n) is 2.83. The van der Waals surface area contributed by atoms with Crippen LogP contribution in [0.15, 0.2) is 40.3 Å². The minimum atomic E-state index is -1.91. The average molecular weight is 406 g/mol. The topological polar surface area (TPSA) is 29.5 Å². The minimum absolute atomic E-state index is 0.142. The van der Waals surface area contributed by atoms with Crippen LogP contribution in [0.1, 0.15) is 63.7 Å². The fourth-order valence-corrected chi connectivity index (χ4v) is 5.29. The second-order valence-corrected chi connectivity index (χ2v) is 14.5. The Balaban J connectivity index is 2.20. The van der Waals surface area contributed by atoms with Crippen LogP contribution in [0.5, 0.6) is 0 Å². The maximum atomic E-state index is 13.1. The number of carbonyl (C=O) groups excluding carboxylic acids is 1. The highest BCUT2D eigenvalue weighted by Gasteiger charge is 2.39. The van der Waals surface area contributed by atoms with Crippen molar-refractivity contribution in [3.05, 3.63) is 41.0 Å². The smallest absolute Gasteiger partial charge is 0.255 e. The Morgan fingerprint density at radius 1 is 1.11 bits per heavy atom. The normalized spacial score (nSPS) is 16.8. The predicted molar refractivity (Wildman–Crippen MR) is 119 cm³/mol. The summed E-state index contributed by atoms with van der Waals surface area (Å²) in [6.07, 6.45) is 6.69. The van der Waals surface area contributed by atoms with Gasteiger partial charge < -0.3 is 9.33 Å². The molecule has 0 saturated carbocycles. The molecule has 1 aromatic carbocycles. The van der Waals surface area contributed by atoms with Crippen molar-refractivity contribution in [2.45, 2.75) is 76.4 Å². The first-order valence-corrected chi connectivity index (χ1v) is 13.8. The maximum Gasteiger partial charge on any atom is 0.255 e. The second-order valence-electron chi connectivity index (χ2n) is 8.77. The van der Waals surface area contributed by atoms with Crippen molar-refractivity contribution in [3.8, 4) is 0 Å². The molecule has 0 aromatic heterocycles. The molecule has 2 rings (SSSR count). The summed E-state index contributed by atoms with van der Waals surface area (Å²) in [5.41, 5.74) is 0.794. The van der Waals surface area contributed by atoms with E-state index < -0.39 is 8.32 Å². The SMILES string of the molecule is C/C=C(\O[Si](C)(C)C(C)(C)C)Sc1ccccc1C(=O)N1CCCCCC1. The van der Waals surface area contributed by atoms with Gasteiger partial charge in [-0.2, -0.15) is 0 Å². The van der Waals surface area contributed by atoms with Crippen LogP contribution < -0.4 is 0 Å². The Labute approximate surface area is 170 Å². The Bertz CT molecular complexity index is 671. The molecule has 0 radical (unpaired) electrons. The largest absolute Gasteiger partial charge is 0.539 e. The maximum absolute atomic E-state index is 13.1. The molecule has 1 aliphatic heterocycles. The second kappa shape index (κ2) is 9.33. The van der Waals surface area contributed by atoms with E-state index in [4.69, 9.17) is 4.43 Å². The molecule has 1 amide bonds. The van der Waals surface area contributed by atoms with Crippen LogP contribution in [0.3, 0.4) is 0 Å². The van der Waals surface area contributed by atoms with Crippen molar-refractivity contribution >= 4 is 26.0 Å². The monoisotopic (exact) mass is 405 g/mol. The molecule has 3 nitrogen and oxygen atoms in total. The van der Waals surface area contributed by atoms with Gasteiger partial charge in [-0.3, -0.25) is 4.79 Å². The van der Waals surface area contributed by atoms with E-state index in [0.29, 0.717) is 0 Å². The van der Waals surface area contributed by atoms with E-state index in [0.717, 1.165) is 41.5 Å². The number of rotatable bonds is 5. The third-order valence-corrected chi connectivity index (χ3v) is 11.2. The van der Waals surface area contributed by atoms with Gasteiger partial charge in [-0.15, -0.1) is 0 Å². The molecule has 1 aromatic rings. The van der Waals surface area contributed by atoms with E-state index in [2.05, 4.69) is 33.9 Å². The quantitative estimate of drug-likeness (QED) is 0.311. The Hall–Kier alpha value is -1.20. The molecular formula is C22H35NO2SSi. The van der Waals surface area contributed by atoms with Gasteiger partial charge in [-0.1, -0.05) is 57.5 Å². The van der Waals surface area contributed by atoms with E-state index >= 15 is 0 Å². The summed E-state index contributed by atoms with van der Waals surface area (Å²) >= 11 is 1.58. The van der Waals surface area contributed by atoms with Gasteiger partial charge in [0, 0.05) is 18.0 Å². The third kappa shape index (κ3) is 5.88. The molecule has 27 heavy (non-hydrogen) atoms. The van der Waals surface area contributed by atoms with Gasteiger partial charge in [-0.25, -0.2) is 0 Å². The number of likely N-dealkylation sites (tertiary alicyclic amines) is 1. The molecule has 1 aliphatic rings. The number of hydrogen-bond donors (Lipinski definition) is 0. The number of hydrogen-bond acceptors (Lipinski definition) is 3. The van der Waals surface area contributed by atoms with Gasteiger partial charge >= 0.3 is 0 Å². The van der Waals surface area contributed by atoms with Crippen LogP contribution in [-0.2, 0) is 4.43 Å². The minimum Gasteiger partial charge on any atom is -0.539 e. The van der Waals surface area contributed by atoms with Crippen molar-refractivity contribution in [2.75, 3.05) is 13.1 Å². The van der Waals surface area contributed by atoms with Gasteiger partial charge in [0.25, 0.3) is 14.2 Å². The lowest BCUT2D eigenvalue weighted by Gasteiger charge is -2.37. The zero-order valence-electron chi connectivity index (χ0n) is 17.8. The van der Waals surface area contributed by atoms with E-state index in [1.165, 1.54) is 12.8 Å². The first-order chi connectivity index (χ1) is 12.7. The molecule has 5 heteroatoms. The standard InChI is InChI=1S/C22H35NO2SSi/c1-7-20(25-27(5,6)22(2,3)4)26-19-15-11-10-14-18(19)21(24)23-16-12-8-9-13-17-23/h7,10-11,14-15H,8-9,12-13,16-17H2,1-6H3/b20-7+. The van der Waals surface area contributed by atoms with Crippen LogP contribution in [0.4, 0.5) is 0 Å². The number of nitrogens with zero attached hydrogens (tertiary/aromatic N) is 1. The van der Waals surface area contributed by atoms with Crippen LogP contribution in [0.25, 0.3) is 0 Å². The average Bonchev–Trinajstić information content (AvgIpc) is 2.89. The first-order valence-electron chi connectivity index (χ1n) is 10.1. The summed E-state index contributed by atoms with van der Waals surface area (Å²) in [7, 11) is -1.91. The Morgan fingerprint density at radius 2 is 1.70 bits per heavy atom. The molecule has 1 heterocycles. The van der Waals surface area contributed by atoms with E-state index in [1.807, 2.05) is 42.2 Å². The Morgan fingerprint density at radius 3 is 2.26 bits per heavy atom. The number of amides is 1. The van der Waals surface area contributed by atoms with Gasteiger partial charge in [0.05, 0.1) is 5.56 Å². The number of benzene rings is 1. The molecule has 0 N–H and O–H groups in total. The van der Waals surface area contributed by atoms with Crippen molar-refractivity contribution < 1.29 is 9.22 Å². The molecule has 1 fully saturated rings. The van der Waals surface area contributed by atoms with Crippen LogP contribution in [0, 0.1) is 0 Å². The third-order valence-electron chi connectivity index (χ3n) is 5.62. The number of allylic oxidation sites excluding steroid dienone is 1. The van der Waals surface area contributed by atoms with Gasteiger partial charge in [0.1, 0.15) is 5.09 Å². The predicted octanol–water partition coefficient (Wildman–Crippen LogP) is 6.68. The van der Waals surface area contributed by atoms with Gasteiger partial charge in [0.2, 0.25) is 0 Å². The number of thioether (sulfide) groups is 1. The molecule has 0 unspecified atom stereocenters. The molecule has 1 saturated heterocycles. The van der Waals surface area contributed by atoms with Crippen LogP contribution in [-0.4, -0.2) is 32.2 Å². The molecule has 0 bridgehead atoms. The van der Waals surface area contributed by atoms with Crippen molar-refractivity contribution in [3.63, 3.8) is 0 Å². The summed E-state index contributed by atoms with van der Waals surface area (Å²) in [5, 5.41) is 1.04. The first kappa shape index (κ1) is 22.1. The van der Waals surface area contributed by atoms with Gasteiger partial charge in [0.15, 0.2) is 0 Å². The number of carbonyl (C=O) groups is 1. The summed E-state index contributed by atoms with van der Waals surface area (Å²) in [5.74, 6) is 0.155. The van der Waals surface area contributed by atoms with E-state index in [9.17, 15) is 4.79 Å². The van der Waals surface area contributed by atoms with Crippen molar-refractivity contribution in [1.29, 1.82) is 0 Å². The summed E-state index contributed by atoms with van der Waals surface area (Å²) in [6.45, 7) is 15.0. The summed E-state index contributed by atoms with van der Waals surface area (Å²) in [6, 6.07) is 7.95. The van der Waals surface area contributed by atoms with E-state index in [-0.39, 0.29) is 10.9 Å². The molecular weight excluding hydrogens is 370 g/mol. The lowest BCUT2D eigenvalue weighted by molar-refractivity contribution is 0.0758. The fraction of sp³-hybridized carbons (Fsp3) is 0.591. The van der Waals surface area contributed by atoms with Crippen molar-refractivity contribution in [2.24, 2.45) is 0 Å². The highest BCUT2D eigenvalue weighted by molar-refractivity contribution is 8.03. The molecule has 150 valence electrons. The Kier molecular flexibility index (Phi) is 7.63. The van der Waals surface area contributed by atoms with Crippen molar-refractivity contribution in [1.82, 2.24) is 4.90 Å². The molecule has 0 spiro atoms. The zero-order chi connectivity index (χ0) is 20.1. The molecule has 0 aliphatic carbocycles. The zero-order valence-corrected chi connectivity index (χ0v) is 19.6. The van der Waals surface area contributed by atoms with Crippen LogP contribution in [0.2, 0.25) is 18.1 Å².